The van der Waals surface area contributed by atoms with Crippen LogP contribution >= 0.6 is 23.1 Å². The van der Waals surface area contributed by atoms with Crippen LogP contribution in [0.25, 0.3) is 0 Å². The van der Waals surface area contributed by atoms with Crippen molar-refractivity contribution >= 4 is 34.1 Å². The molecular formula is C18H16FN3O3S2. The third kappa shape index (κ3) is 5.18. The summed E-state index contributed by atoms with van der Waals surface area (Å²) in [5.74, 6) is 0.983. The first kappa shape index (κ1) is 19.1. The molecule has 0 aliphatic rings. The molecule has 0 bridgehead atoms. The highest BCUT2D eigenvalue weighted by Gasteiger charge is 2.13. The fourth-order valence-corrected chi connectivity index (χ4v) is 3.89. The molecule has 3 rings (SSSR count). The van der Waals surface area contributed by atoms with Gasteiger partial charge in [-0.25, -0.2) is 4.39 Å². The summed E-state index contributed by atoms with van der Waals surface area (Å²) in [6.07, 6.45) is 0. The van der Waals surface area contributed by atoms with Gasteiger partial charge in [0.1, 0.15) is 17.3 Å². The molecule has 2 aromatic carbocycles. The third-order valence-electron chi connectivity index (χ3n) is 3.49. The fourth-order valence-electron chi connectivity index (χ4n) is 2.20. The highest BCUT2D eigenvalue weighted by molar-refractivity contribution is 8.00. The minimum absolute atomic E-state index is 0.271. The molecule has 140 valence electrons. The van der Waals surface area contributed by atoms with E-state index in [0.717, 1.165) is 5.56 Å². The largest absolute Gasteiger partial charge is 0.497 e. The van der Waals surface area contributed by atoms with Crippen molar-refractivity contribution in [2.75, 3.05) is 19.5 Å². The van der Waals surface area contributed by atoms with Crippen molar-refractivity contribution in [2.45, 2.75) is 10.1 Å². The SMILES string of the molecule is COc1cc(OC)cc(C(=O)Nc2nnc(SCc3cccc(F)c3)s2)c1. The van der Waals surface area contributed by atoms with E-state index >= 15 is 0 Å². The van der Waals surface area contributed by atoms with Gasteiger partial charge in [-0.1, -0.05) is 35.2 Å². The minimum atomic E-state index is -0.343. The average Bonchev–Trinajstić information content (AvgIpc) is 3.13. The molecule has 27 heavy (non-hydrogen) atoms. The highest BCUT2D eigenvalue weighted by Crippen LogP contribution is 2.29. The van der Waals surface area contributed by atoms with Gasteiger partial charge in [0.15, 0.2) is 4.34 Å². The standard InChI is InChI=1S/C18H16FN3O3S2/c1-24-14-7-12(8-15(9-14)25-2)16(23)20-17-21-22-18(27-17)26-10-11-4-3-5-13(19)6-11/h3-9H,10H2,1-2H3,(H,20,21,23). The maximum absolute atomic E-state index is 13.2. The molecule has 0 radical (unpaired) electrons. The van der Waals surface area contributed by atoms with Crippen LogP contribution in [-0.2, 0) is 5.75 Å². The first-order chi connectivity index (χ1) is 13.1. The topological polar surface area (TPSA) is 73.3 Å². The van der Waals surface area contributed by atoms with Crippen LogP contribution in [0.5, 0.6) is 11.5 Å². The second kappa shape index (κ2) is 8.83. The number of nitrogens with one attached hydrogen (secondary N) is 1. The van der Waals surface area contributed by atoms with E-state index in [-0.39, 0.29) is 11.7 Å². The number of amides is 1. The van der Waals surface area contributed by atoms with E-state index in [1.165, 1.54) is 49.5 Å². The number of thioether (sulfide) groups is 1. The number of rotatable bonds is 7. The Hall–Kier alpha value is -2.65. The summed E-state index contributed by atoms with van der Waals surface area (Å²) in [5, 5.41) is 11.1. The second-order valence-corrected chi connectivity index (χ2v) is 7.55. The van der Waals surface area contributed by atoms with Crippen molar-refractivity contribution in [1.82, 2.24) is 10.2 Å². The Morgan fingerprint density at radius 3 is 2.56 bits per heavy atom. The summed E-state index contributed by atoms with van der Waals surface area (Å²) in [7, 11) is 3.03. The summed E-state index contributed by atoms with van der Waals surface area (Å²) >= 11 is 2.68. The maximum Gasteiger partial charge on any atom is 0.257 e. The van der Waals surface area contributed by atoms with Gasteiger partial charge in [-0.3, -0.25) is 10.1 Å². The van der Waals surface area contributed by atoms with Crippen molar-refractivity contribution < 1.29 is 18.7 Å². The molecular weight excluding hydrogens is 389 g/mol. The number of hydrogen-bond donors (Lipinski definition) is 1. The Morgan fingerprint density at radius 1 is 1.15 bits per heavy atom. The van der Waals surface area contributed by atoms with Crippen LogP contribution in [0.3, 0.4) is 0 Å². The van der Waals surface area contributed by atoms with E-state index in [1.807, 2.05) is 6.07 Å². The monoisotopic (exact) mass is 405 g/mol. The lowest BCUT2D eigenvalue weighted by Crippen LogP contribution is -2.12. The minimum Gasteiger partial charge on any atom is -0.497 e. The zero-order valence-electron chi connectivity index (χ0n) is 14.6. The van der Waals surface area contributed by atoms with E-state index in [4.69, 9.17) is 9.47 Å². The molecule has 0 aliphatic carbocycles. The Kier molecular flexibility index (Phi) is 6.25. The third-order valence-corrected chi connectivity index (χ3v) is 5.54. The summed E-state index contributed by atoms with van der Waals surface area (Å²) in [4.78, 5) is 12.4. The molecule has 0 aliphatic heterocycles. The predicted molar refractivity (Wildman–Crippen MR) is 103 cm³/mol. The van der Waals surface area contributed by atoms with Crippen LogP contribution in [0.1, 0.15) is 15.9 Å². The molecule has 0 saturated carbocycles. The fraction of sp³-hybridized carbons (Fsp3) is 0.167. The highest BCUT2D eigenvalue weighted by atomic mass is 32.2. The lowest BCUT2D eigenvalue weighted by atomic mass is 10.2. The molecule has 0 spiro atoms. The van der Waals surface area contributed by atoms with Crippen molar-refractivity contribution in [3.05, 3.63) is 59.4 Å². The zero-order valence-corrected chi connectivity index (χ0v) is 16.2. The molecule has 1 heterocycles. The number of methoxy groups -OCH3 is 2. The average molecular weight is 405 g/mol. The van der Waals surface area contributed by atoms with Crippen molar-refractivity contribution in [3.8, 4) is 11.5 Å². The van der Waals surface area contributed by atoms with E-state index in [9.17, 15) is 9.18 Å². The van der Waals surface area contributed by atoms with Gasteiger partial charge in [0.2, 0.25) is 5.13 Å². The lowest BCUT2D eigenvalue weighted by Gasteiger charge is -2.07. The van der Waals surface area contributed by atoms with Crippen LogP contribution < -0.4 is 14.8 Å². The first-order valence-electron chi connectivity index (χ1n) is 7.82. The van der Waals surface area contributed by atoms with Crippen LogP contribution in [0.4, 0.5) is 9.52 Å². The van der Waals surface area contributed by atoms with Gasteiger partial charge in [0, 0.05) is 17.4 Å². The van der Waals surface area contributed by atoms with Crippen molar-refractivity contribution in [2.24, 2.45) is 0 Å². The van der Waals surface area contributed by atoms with Gasteiger partial charge >= 0.3 is 0 Å². The van der Waals surface area contributed by atoms with Crippen LogP contribution in [-0.4, -0.2) is 30.3 Å². The van der Waals surface area contributed by atoms with Gasteiger partial charge < -0.3 is 9.47 Å². The molecule has 1 aromatic heterocycles. The lowest BCUT2D eigenvalue weighted by molar-refractivity contribution is 0.102. The number of carbonyl (C=O) groups is 1. The van der Waals surface area contributed by atoms with E-state index in [0.29, 0.717) is 32.3 Å². The summed E-state index contributed by atoms with van der Waals surface area (Å²) in [5.41, 5.74) is 1.24. The number of aromatic nitrogens is 2. The number of halogens is 1. The quantitative estimate of drug-likeness (QED) is 0.468. The molecule has 0 fully saturated rings. The van der Waals surface area contributed by atoms with Gasteiger partial charge in [-0.15, -0.1) is 10.2 Å². The number of nitrogens with zero attached hydrogens (tertiary/aromatic N) is 2. The van der Waals surface area contributed by atoms with E-state index in [2.05, 4.69) is 15.5 Å². The summed E-state index contributed by atoms with van der Waals surface area (Å²) in [6, 6.07) is 11.3. The van der Waals surface area contributed by atoms with Crippen molar-refractivity contribution in [1.29, 1.82) is 0 Å². The van der Waals surface area contributed by atoms with Gasteiger partial charge in [0.25, 0.3) is 5.91 Å². The normalized spacial score (nSPS) is 10.5. The first-order valence-corrected chi connectivity index (χ1v) is 9.63. The Labute approximate surface area is 163 Å². The number of benzene rings is 2. The molecule has 6 nitrogen and oxygen atoms in total. The second-order valence-electron chi connectivity index (χ2n) is 5.35. The van der Waals surface area contributed by atoms with Gasteiger partial charge in [0.05, 0.1) is 14.2 Å². The number of anilines is 1. The smallest absolute Gasteiger partial charge is 0.257 e. The predicted octanol–water partition coefficient (Wildman–Crippen LogP) is 4.24. The summed E-state index contributed by atoms with van der Waals surface area (Å²) in [6.45, 7) is 0. The molecule has 0 saturated heterocycles. The van der Waals surface area contributed by atoms with Gasteiger partial charge in [-0.05, 0) is 29.8 Å². The van der Waals surface area contributed by atoms with E-state index < -0.39 is 0 Å². The Balaban J connectivity index is 1.64. The molecule has 0 atom stereocenters. The Bertz CT molecular complexity index is 927. The van der Waals surface area contributed by atoms with E-state index in [1.54, 1.807) is 24.3 Å². The molecule has 1 N–H and O–H groups in total. The summed E-state index contributed by atoms with van der Waals surface area (Å²) < 4.78 is 24.2. The van der Waals surface area contributed by atoms with Crippen LogP contribution in [0.2, 0.25) is 0 Å². The Morgan fingerprint density at radius 2 is 1.89 bits per heavy atom. The van der Waals surface area contributed by atoms with Crippen molar-refractivity contribution in [3.63, 3.8) is 0 Å². The zero-order chi connectivity index (χ0) is 19.2. The number of hydrogen-bond acceptors (Lipinski definition) is 7. The van der Waals surface area contributed by atoms with Crippen LogP contribution in [0.15, 0.2) is 46.8 Å². The molecule has 0 unspecified atom stereocenters. The maximum atomic E-state index is 13.2. The van der Waals surface area contributed by atoms with Crippen LogP contribution in [0, 0.1) is 5.82 Å². The molecule has 3 aromatic rings. The molecule has 9 heteroatoms. The number of ether oxygens (including phenoxy) is 2. The number of carbonyl (C=O) groups excluding carboxylic acids is 1. The molecule has 1 amide bonds. The van der Waals surface area contributed by atoms with Gasteiger partial charge in [-0.2, -0.15) is 0 Å².